The van der Waals surface area contributed by atoms with E-state index in [0.717, 1.165) is 4.47 Å². The van der Waals surface area contributed by atoms with Gasteiger partial charge in [-0.2, -0.15) is 5.10 Å². The van der Waals surface area contributed by atoms with Crippen LogP contribution in [0.3, 0.4) is 0 Å². The molecule has 33 heavy (non-hydrogen) atoms. The van der Waals surface area contributed by atoms with Crippen LogP contribution in [0.1, 0.15) is 26.3 Å². The van der Waals surface area contributed by atoms with Gasteiger partial charge in [0.15, 0.2) is 11.5 Å². The van der Waals surface area contributed by atoms with E-state index in [0.29, 0.717) is 34.1 Å². The molecule has 0 saturated heterocycles. The molecule has 0 aliphatic rings. The van der Waals surface area contributed by atoms with Gasteiger partial charge in [-0.15, -0.1) is 0 Å². The predicted octanol–water partition coefficient (Wildman–Crippen LogP) is 4.46. The van der Waals surface area contributed by atoms with Crippen molar-refractivity contribution in [2.75, 3.05) is 21.3 Å². The van der Waals surface area contributed by atoms with Gasteiger partial charge in [0.25, 0.3) is 5.91 Å². The van der Waals surface area contributed by atoms with Crippen molar-refractivity contribution in [3.63, 3.8) is 0 Å². The van der Waals surface area contributed by atoms with E-state index in [9.17, 15) is 9.59 Å². The number of methoxy groups -OCH3 is 3. The van der Waals surface area contributed by atoms with E-state index in [4.69, 9.17) is 18.9 Å². The van der Waals surface area contributed by atoms with Crippen LogP contribution in [0.5, 0.6) is 23.0 Å². The summed E-state index contributed by atoms with van der Waals surface area (Å²) in [5.41, 5.74) is 3.87. The Hall–Kier alpha value is -3.85. The molecule has 0 atom stereocenters. The summed E-state index contributed by atoms with van der Waals surface area (Å²) < 4.78 is 21.9. The molecule has 1 amide bonds. The number of hydrazone groups is 1. The minimum Gasteiger partial charge on any atom is -0.493 e. The summed E-state index contributed by atoms with van der Waals surface area (Å²) in [7, 11) is 4.42. The van der Waals surface area contributed by atoms with Crippen LogP contribution in [-0.4, -0.2) is 39.4 Å². The third kappa shape index (κ3) is 6.11. The lowest BCUT2D eigenvalue weighted by atomic mass is 10.1. The van der Waals surface area contributed by atoms with Gasteiger partial charge in [-0.05, 0) is 60.2 Å². The van der Waals surface area contributed by atoms with Gasteiger partial charge in [-0.1, -0.05) is 22.0 Å². The molecule has 0 heterocycles. The molecule has 3 aromatic rings. The highest BCUT2D eigenvalue weighted by molar-refractivity contribution is 9.10. The number of rotatable bonds is 8. The highest BCUT2D eigenvalue weighted by atomic mass is 79.9. The summed E-state index contributed by atoms with van der Waals surface area (Å²) in [4.78, 5) is 24.7. The number of halogens is 1. The summed E-state index contributed by atoms with van der Waals surface area (Å²) in [5, 5.41) is 3.97. The number of nitrogens with zero attached hydrogens (tertiary/aromatic N) is 1. The average Bonchev–Trinajstić information content (AvgIpc) is 2.83. The molecule has 3 rings (SSSR count). The summed E-state index contributed by atoms with van der Waals surface area (Å²) in [6.07, 6.45) is 1.47. The highest BCUT2D eigenvalue weighted by Gasteiger charge is 2.16. The SMILES string of the molecule is COc1cc(C(=O)NN=Cc2ccc(OC(=O)c3cccc(Br)c3)cc2)cc(OC)c1OC. The molecule has 0 spiro atoms. The van der Waals surface area contributed by atoms with E-state index in [1.54, 1.807) is 42.5 Å². The lowest BCUT2D eigenvalue weighted by molar-refractivity contribution is 0.0734. The van der Waals surface area contributed by atoms with Gasteiger partial charge in [0.2, 0.25) is 5.75 Å². The molecule has 0 saturated carbocycles. The van der Waals surface area contributed by atoms with Gasteiger partial charge in [-0.25, -0.2) is 10.2 Å². The van der Waals surface area contributed by atoms with Crippen LogP contribution >= 0.6 is 15.9 Å². The second kappa shape index (κ2) is 11.1. The summed E-state index contributed by atoms with van der Waals surface area (Å²) in [6.45, 7) is 0. The number of esters is 1. The zero-order valence-corrected chi connectivity index (χ0v) is 19.7. The second-order valence-electron chi connectivity index (χ2n) is 6.58. The Labute approximate surface area is 199 Å². The molecule has 8 nitrogen and oxygen atoms in total. The summed E-state index contributed by atoms with van der Waals surface area (Å²) >= 11 is 3.32. The maximum Gasteiger partial charge on any atom is 0.343 e. The monoisotopic (exact) mass is 512 g/mol. The lowest BCUT2D eigenvalue weighted by Gasteiger charge is -2.13. The van der Waals surface area contributed by atoms with E-state index >= 15 is 0 Å². The van der Waals surface area contributed by atoms with E-state index < -0.39 is 11.9 Å². The molecule has 0 fully saturated rings. The van der Waals surface area contributed by atoms with Crippen LogP contribution in [0.15, 0.2) is 70.2 Å². The number of carbonyl (C=O) groups excluding carboxylic acids is 2. The Bertz CT molecular complexity index is 1150. The third-order valence-electron chi connectivity index (χ3n) is 4.46. The largest absolute Gasteiger partial charge is 0.493 e. The Kier molecular flexibility index (Phi) is 8.04. The first-order valence-electron chi connectivity index (χ1n) is 9.66. The number of benzene rings is 3. The normalized spacial score (nSPS) is 10.5. The average molecular weight is 513 g/mol. The Morgan fingerprint density at radius 1 is 0.879 bits per heavy atom. The number of carbonyl (C=O) groups is 2. The van der Waals surface area contributed by atoms with Crippen molar-refractivity contribution in [2.24, 2.45) is 5.10 Å². The van der Waals surface area contributed by atoms with Crippen LogP contribution in [0.2, 0.25) is 0 Å². The number of hydrogen-bond acceptors (Lipinski definition) is 7. The maximum atomic E-state index is 12.5. The summed E-state index contributed by atoms with van der Waals surface area (Å²) in [6, 6.07) is 16.7. The van der Waals surface area contributed by atoms with Crippen molar-refractivity contribution in [3.05, 3.63) is 81.8 Å². The number of nitrogens with one attached hydrogen (secondary N) is 1. The van der Waals surface area contributed by atoms with Crippen molar-refractivity contribution in [3.8, 4) is 23.0 Å². The fourth-order valence-corrected chi connectivity index (χ4v) is 3.24. The molecular formula is C24H21BrN2O6. The number of hydrogen-bond donors (Lipinski definition) is 1. The Morgan fingerprint density at radius 2 is 1.55 bits per heavy atom. The molecule has 0 unspecified atom stereocenters. The molecule has 0 bridgehead atoms. The minimum absolute atomic E-state index is 0.288. The fourth-order valence-electron chi connectivity index (χ4n) is 2.85. The van der Waals surface area contributed by atoms with Crippen molar-refractivity contribution in [2.45, 2.75) is 0 Å². The van der Waals surface area contributed by atoms with Gasteiger partial charge in [0.1, 0.15) is 5.75 Å². The molecule has 0 aliphatic carbocycles. The molecular weight excluding hydrogens is 492 g/mol. The van der Waals surface area contributed by atoms with Gasteiger partial charge < -0.3 is 18.9 Å². The maximum absolute atomic E-state index is 12.5. The van der Waals surface area contributed by atoms with Gasteiger partial charge in [0, 0.05) is 10.0 Å². The lowest BCUT2D eigenvalue weighted by Crippen LogP contribution is -2.18. The first kappa shape index (κ1) is 23.8. The molecule has 170 valence electrons. The van der Waals surface area contributed by atoms with Crippen molar-refractivity contribution < 1.29 is 28.5 Å². The number of ether oxygens (including phenoxy) is 4. The Balaban J connectivity index is 1.62. The second-order valence-corrected chi connectivity index (χ2v) is 7.50. The zero-order chi connectivity index (χ0) is 23.8. The molecule has 3 aromatic carbocycles. The predicted molar refractivity (Wildman–Crippen MR) is 127 cm³/mol. The van der Waals surface area contributed by atoms with Crippen molar-refractivity contribution in [1.82, 2.24) is 5.43 Å². The molecule has 1 N–H and O–H groups in total. The molecule has 9 heteroatoms. The quantitative estimate of drug-likeness (QED) is 0.207. The minimum atomic E-state index is -0.463. The highest BCUT2D eigenvalue weighted by Crippen LogP contribution is 2.38. The van der Waals surface area contributed by atoms with Crippen molar-refractivity contribution in [1.29, 1.82) is 0 Å². The van der Waals surface area contributed by atoms with E-state index in [1.165, 1.54) is 39.7 Å². The molecule has 0 radical (unpaired) electrons. The third-order valence-corrected chi connectivity index (χ3v) is 4.95. The van der Waals surface area contributed by atoms with Crippen LogP contribution in [0, 0.1) is 0 Å². The zero-order valence-electron chi connectivity index (χ0n) is 18.1. The van der Waals surface area contributed by atoms with Crippen LogP contribution in [-0.2, 0) is 0 Å². The van der Waals surface area contributed by atoms with Crippen LogP contribution < -0.4 is 24.4 Å². The van der Waals surface area contributed by atoms with E-state index in [2.05, 4.69) is 26.5 Å². The topological polar surface area (TPSA) is 95.5 Å². The molecule has 0 aliphatic heterocycles. The van der Waals surface area contributed by atoms with Crippen LogP contribution in [0.25, 0.3) is 0 Å². The van der Waals surface area contributed by atoms with Gasteiger partial charge in [-0.3, -0.25) is 4.79 Å². The Morgan fingerprint density at radius 3 is 2.12 bits per heavy atom. The van der Waals surface area contributed by atoms with Crippen LogP contribution in [0.4, 0.5) is 0 Å². The first-order valence-corrected chi connectivity index (χ1v) is 10.5. The fraction of sp³-hybridized carbons (Fsp3) is 0.125. The van der Waals surface area contributed by atoms with E-state index in [-0.39, 0.29) is 5.56 Å². The van der Waals surface area contributed by atoms with Gasteiger partial charge >= 0.3 is 5.97 Å². The summed E-state index contributed by atoms with van der Waals surface area (Å²) in [5.74, 6) is 0.581. The molecule has 0 aromatic heterocycles. The smallest absolute Gasteiger partial charge is 0.343 e. The van der Waals surface area contributed by atoms with Gasteiger partial charge in [0.05, 0.1) is 33.1 Å². The van der Waals surface area contributed by atoms with Crippen molar-refractivity contribution >= 4 is 34.0 Å². The number of amides is 1. The van der Waals surface area contributed by atoms with E-state index in [1.807, 2.05) is 6.07 Å². The first-order chi connectivity index (χ1) is 15.9. The standard InChI is InChI=1S/C24H21BrN2O6/c1-30-20-12-17(13-21(31-2)22(20)32-3)23(28)27-26-14-15-7-9-19(10-8-15)33-24(29)16-5-4-6-18(25)11-16/h4-14H,1-3H3,(H,27,28).